The maximum absolute atomic E-state index is 5.69. The van der Waals surface area contributed by atoms with Gasteiger partial charge < -0.3 is 5.32 Å². The summed E-state index contributed by atoms with van der Waals surface area (Å²) in [7, 11) is 0. The first-order valence-corrected chi connectivity index (χ1v) is 6.06. The molecule has 1 unspecified atom stereocenters. The van der Waals surface area contributed by atoms with Crippen LogP contribution in [0.3, 0.4) is 0 Å². The number of halogens is 2. The molecule has 2 rings (SSSR count). The highest BCUT2D eigenvalue weighted by Gasteiger charge is 2.14. The van der Waals surface area contributed by atoms with Gasteiger partial charge in [0.05, 0.1) is 0 Å². The molecule has 1 N–H and O–H groups in total. The smallest absolute Gasteiger partial charge is 0.223 e. The summed E-state index contributed by atoms with van der Waals surface area (Å²) < 4.78 is 0. The van der Waals surface area contributed by atoms with E-state index in [1.165, 1.54) is 12.8 Å². The lowest BCUT2D eigenvalue weighted by molar-refractivity contribution is 0.673. The minimum absolute atomic E-state index is 0. The second kappa shape index (κ2) is 6.53. The SMILES string of the molecule is Cl.Clc1nccc(SCC2CCCN2)n1. The summed E-state index contributed by atoms with van der Waals surface area (Å²) in [6.45, 7) is 1.15. The minimum Gasteiger partial charge on any atom is -0.313 e. The fourth-order valence-electron chi connectivity index (χ4n) is 1.48. The number of rotatable bonds is 3. The summed E-state index contributed by atoms with van der Waals surface area (Å²) in [6.07, 6.45) is 4.25. The number of hydrogen-bond acceptors (Lipinski definition) is 4. The number of nitrogens with zero attached hydrogens (tertiary/aromatic N) is 2. The van der Waals surface area contributed by atoms with Crippen LogP contribution in [0.15, 0.2) is 17.3 Å². The Kier molecular flexibility index (Phi) is 5.68. The van der Waals surface area contributed by atoms with Crippen molar-refractivity contribution in [3.63, 3.8) is 0 Å². The fourth-order valence-corrected chi connectivity index (χ4v) is 2.65. The predicted octanol–water partition coefficient (Wildman–Crippen LogP) is 2.40. The van der Waals surface area contributed by atoms with E-state index in [0.717, 1.165) is 17.3 Å². The summed E-state index contributed by atoms with van der Waals surface area (Å²) in [6, 6.07) is 2.53. The third kappa shape index (κ3) is 4.15. The van der Waals surface area contributed by atoms with Gasteiger partial charge in [0.25, 0.3) is 0 Å². The molecule has 2 heterocycles. The van der Waals surface area contributed by atoms with Crippen LogP contribution in [0, 0.1) is 0 Å². The van der Waals surface area contributed by atoms with E-state index in [-0.39, 0.29) is 12.4 Å². The average molecular weight is 266 g/mol. The van der Waals surface area contributed by atoms with Gasteiger partial charge >= 0.3 is 0 Å². The molecule has 0 radical (unpaired) electrons. The molecule has 84 valence electrons. The predicted molar refractivity (Wildman–Crippen MR) is 66.0 cm³/mol. The average Bonchev–Trinajstić information content (AvgIpc) is 2.67. The van der Waals surface area contributed by atoms with Crippen molar-refractivity contribution in [2.75, 3.05) is 12.3 Å². The molecule has 1 fully saturated rings. The Bertz CT molecular complexity index is 305. The summed E-state index contributed by atoms with van der Waals surface area (Å²) in [5.74, 6) is 1.06. The van der Waals surface area contributed by atoms with Crippen LogP contribution >= 0.6 is 35.8 Å². The molecule has 1 atom stereocenters. The lowest BCUT2D eigenvalue weighted by Gasteiger charge is -2.08. The Morgan fingerprint density at radius 1 is 1.60 bits per heavy atom. The number of nitrogens with one attached hydrogen (secondary N) is 1. The Balaban J connectivity index is 0.00000112. The molecule has 1 saturated heterocycles. The molecule has 1 aromatic heterocycles. The third-order valence-corrected chi connectivity index (χ3v) is 3.47. The van der Waals surface area contributed by atoms with Crippen LogP contribution in [0.2, 0.25) is 5.28 Å². The van der Waals surface area contributed by atoms with E-state index in [0.29, 0.717) is 11.3 Å². The second-order valence-corrected chi connectivity index (χ2v) is 4.65. The molecular formula is C9H13Cl2N3S. The van der Waals surface area contributed by atoms with E-state index in [4.69, 9.17) is 11.6 Å². The molecule has 0 aromatic carbocycles. The molecule has 0 bridgehead atoms. The number of aromatic nitrogens is 2. The van der Waals surface area contributed by atoms with Crippen molar-refractivity contribution < 1.29 is 0 Å². The van der Waals surface area contributed by atoms with Gasteiger partial charge in [0.1, 0.15) is 5.03 Å². The molecular weight excluding hydrogens is 253 g/mol. The zero-order valence-corrected chi connectivity index (χ0v) is 10.5. The van der Waals surface area contributed by atoms with Gasteiger partial charge in [-0.15, -0.1) is 24.2 Å². The summed E-state index contributed by atoms with van der Waals surface area (Å²) in [5, 5.41) is 4.73. The maximum Gasteiger partial charge on any atom is 0.223 e. The number of thioether (sulfide) groups is 1. The lowest BCUT2D eigenvalue weighted by Crippen LogP contribution is -2.23. The fraction of sp³-hybridized carbons (Fsp3) is 0.556. The van der Waals surface area contributed by atoms with E-state index >= 15 is 0 Å². The first-order chi connectivity index (χ1) is 6.84. The zero-order valence-electron chi connectivity index (χ0n) is 8.15. The number of hydrogen-bond donors (Lipinski definition) is 1. The van der Waals surface area contributed by atoms with E-state index in [2.05, 4.69) is 15.3 Å². The van der Waals surface area contributed by atoms with Crippen LogP contribution in [-0.2, 0) is 0 Å². The lowest BCUT2D eigenvalue weighted by atomic mass is 10.3. The van der Waals surface area contributed by atoms with Crippen LogP contribution in [0.1, 0.15) is 12.8 Å². The quantitative estimate of drug-likeness (QED) is 0.518. The highest BCUT2D eigenvalue weighted by molar-refractivity contribution is 7.99. The van der Waals surface area contributed by atoms with E-state index in [1.54, 1.807) is 18.0 Å². The topological polar surface area (TPSA) is 37.8 Å². The van der Waals surface area contributed by atoms with E-state index < -0.39 is 0 Å². The molecule has 0 saturated carbocycles. The Morgan fingerprint density at radius 3 is 3.13 bits per heavy atom. The van der Waals surface area contributed by atoms with E-state index in [1.807, 2.05) is 6.07 Å². The standard InChI is InChI=1S/C9H12ClN3S.ClH/c10-9-12-5-3-8(13-9)14-6-7-2-1-4-11-7;/h3,5,7,11H,1-2,4,6H2;1H. The van der Waals surface area contributed by atoms with Crippen molar-refractivity contribution in [3.8, 4) is 0 Å². The zero-order chi connectivity index (χ0) is 9.80. The van der Waals surface area contributed by atoms with Crippen molar-refractivity contribution in [1.82, 2.24) is 15.3 Å². The molecule has 6 heteroatoms. The van der Waals surface area contributed by atoms with E-state index in [9.17, 15) is 0 Å². The Hall–Kier alpha value is -0.0300. The third-order valence-electron chi connectivity index (χ3n) is 2.20. The van der Waals surface area contributed by atoms with Crippen molar-refractivity contribution in [2.24, 2.45) is 0 Å². The Morgan fingerprint density at radius 2 is 2.47 bits per heavy atom. The van der Waals surface area contributed by atoms with Crippen molar-refractivity contribution in [3.05, 3.63) is 17.5 Å². The second-order valence-electron chi connectivity index (χ2n) is 3.27. The maximum atomic E-state index is 5.69. The summed E-state index contributed by atoms with van der Waals surface area (Å²) in [5.41, 5.74) is 0. The molecule has 1 aromatic rings. The largest absolute Gasteiger partial charge is 0.313 e. The monoisotopic (exact) mass is 265 g/mol. The highest BCUT2D eigenvalue weighted by atomic mass is 35.5. The molecule has 0 aliphatic carbocycles. The van der Waals surface area contributed by atoms with Gasteiger partial charge in [-0.25, -0.2) is 9.97 Å². The Labute approximate surface area is 105 Å². The normalized spacial score (nSPS) is 19.9. The van der Waals surface area contributed by atoms with Gasteiger partial charge in [0.15, 0.2) is 0 Å². The first kappa shape index (κ1) is 13.0. The van der Waals surface area contributed by atoms with Crippen LogP contribution in [0.4, 0.5) is 0 Å². The molecule has 0 spiro atoms. The molecule has 15 heavy (non-hydrogen) atoms. The molecule has 1 aliphatic heterocycles. The van der Waals surface area contributed by atoms with Crippen molar-refractivity contribution in [1.29, 1.82) is 0 Å². The van der Waals surface area contributed by atoms with Crippen molar-refractivity contribution >= 4 is 35.8 Å². The molecule has 0 amide bonds. The first-order valence-electron chi connectivity index (χ1n) is 4.69. The van der Waals surface area contributed by atoms with Crippen LogP contribution in [0.25, 0.3) is 0 Å². The van der Waals surface area contributed by atoms with Crippen LogP contribution in [-0.4, -0.2) is 28.3 Å². The minimum atomic E-state index is 0. The molecule has 3 nitrogen and oxygen atoms in total. The van der Waals surface area contributed by atoms with Gasteiger partial charge in [0.2, 0.25) is 5.28 Å². The van der Waals surface area contributed by atoms with Gasteiger partial charge in [-0.05, 0) is 37.1 Å². The van der Waals surface area contributed by atoms with Gasteiger partial charge in [-0.2, -0.15) is 0 Å². The summed E-state index contributed by atoms with van der Waals surface area (Å²) in [4.78, 5) is 7.97. The van der Waals surface area contributed by atoms with Crippen LogP contribution < -0.4 is 5.32 Å². The molecule has 1 aliphatic rings. The van der Waals surface area contributed by atoms with Crippen molar-refractivity contribution in [2.45, 2.75) is 23.9 Å². The van der Waals surface area contributed by atoms with Crippen LogP contribution in [0.5, 0.6) is 0 Å². The van der Waals surface area contributed by atoms with Gasteiger partial charge in [0, 0.05) is 18.0 Å². The van der Waals surface area contributed by atoms with Gasteiger partial charge in [-0.1, -0.05) is 0 Å². The summed E-state index contributed by atoms with van der Waals surface area (Å²) >= 11 is 7.42. The van der Waals surface area contributed by atoms with Gasteiger partial charge in [-0.3, -0.25) is 0 Å². The highest BCUT2D eigenvalue weighted by Crippen LogP contribution is 2.19.